The Morgan fingerprint density at radius 1 is 1.40 bits per heavy atom. The number of hydrogen-bond donors (Lipinski definition) is 1. The van der Waals surface area contributed by atoms with Crippen LogP contribution in [0.25, 0.3) is 0 Å². The number of oxazole rings is 1. The quantitative estimate of drug-likeness (QED) is 0.500. The topological polar surface area (TPSA) is 89.4 Å². The molecular weight excluding hydrogens is 280 g/mol. The summed E-state index contributed by atoms with van der Waals surface area (Å²) in [5.41, 5.74) is 0.846. The molecule has 106 valence electrons. The Bertz CT molecular complexity index is 595. The molecule has 0 radical (unpaired) electrons. The Kier molecular flexibility index (Phi) is 4.75. The van der Waals surface area contributed by atoms with Crippen LogP contribution < -0.4 is 0 Å². The Balaban J connectivity index is 1.97. The van der Waals surface area contributed by atoms with Gasteiger partial charge >= 0.3 is 0 Å². The van der Waals surface area contributed by atoms with Crippen molar-refractivity contribution in [3.63, 3.8) is 0 Å². The third kappa shape index (κ3) is 3.58. The van der Waals surface area contributed by atoms with E-state index in [-0.39, 0.29) is 12.3 Å². The minimum Gasteiger partial charge on any atom is -0.445 e. The highest BCUT2D eigenvalue weighted by atomic mass is 32.2. The molecule has 2 rings (SSSR count). The smallest absolute Gasteiger partial charge is 0.269 e. The van der Waals surface area contributed by atoms with E-state index in [4.69, 9.17) is 9.52 Å². The molecule has 0 saturated carbocycles. The zero-order chi connectivity index (χ0) is 14.5. The van der Waals surface area contributed by atoms with Crippen LogP contribution >= 0.6 is 11.8 Å². The molecule has 0 saturated heterocycles. The minimum atomic E-state index is -0.424. The lowest BCUT2D eigenvalue weighted by Crippen LogP contribution is -1.93. The molecule has 1 N–H and O–H groups in total. The van der Waals surface area contributed by atoms with Crippen molar-refractivity contribution in [3.05, 3.63) is 51.7 Å². The summed E-state index contributed by atoms with van der Waals surface area (Å²) in [7, 11) is 0. The molecule has 0 spiro atoms. The van der Waals surface area contributed by atoms with Gasteiger partial charge in [-0.2, -0.15) is 0 Å². The maximum atomic E-state index is 10.5. The first-order valence-corrected chi connectivity index (χ1v) is 7.02. The van der Waals surface area contributed by atoms with Crippen molar-refractivity contribution in [2.24, 2.45) is 0 Å². The SMILES string of the molecule is Cc1oc(CSc2ccc([N+](=O)[O-])cc2)nc1CCO. The van der Waals surface area contributed by atoms with Crippen LogP contribution in [-0.4, -0.2) is 21.6 Å². The molecule has 1 aromatic heterocycles. The van der Waals surface area contributed by atoms with Crippen molar-refractivity contribution < 1.29 is 14.4 Å². The molecule has 7 heteroatoms. The van der Waals surface area contributed by atoms with Crippen LogP contribution in [0.1, 0.15) is 17.3 Å². The van der Waals surface area contributed by atoms with Gasteiger partial charge in [0.05, 0.1) is 16.4 Å². The zero-order valence-electron chi connectivity index (χ0n) is 10.9. The van der Waals surface area contributed by atoms with Gasteiger partial charge in [-0.25, -0.2) is 4.98 Å². The van der Waals surface area contributed by atoms with Crippen molar-refractivity contribution >= 4 is 17.4 Å². The number of aromatic nitrogens is 1. The third-order valence-corrected chi connectivity index (χ3v) is 3.69. The number of nitro groups is 1. The predicted octanol–water partition coefficient (Wildman–Crippen LogP) is 2.72. The van der Waals surface area contributed by atoms with E-state index in [1.54, 1.807) is 12.1 Å². The molecule has 20 heavy (non-hydrogen) atoms. The number of nitrogens with zero attached hydrogens (tertiary/aromatic N) is 2. The van der Waals surface area contributed by atoms with E-state index in [0.717, 1.165) is 16.3 Å². The normalized spacial score (nSPS) is 10.7. The number of benzene rings is 1. The molecule has 6 nitrogen and oxygen atoms in total. The molecule has 2 aromatic rings. The summed E-state index contributed by atoms with van der Waals surface area (Å²) in [5, 5.41) is 19.4. The first-order valence-electron chi connectivity index (χ1n) is 6.03. The van der Waals surface area contributed by atoms with Crippen molar-refractivity contribution in [2.75, 3.05) is 6.61 Å². The Morgan fingerprint density at radius 2 is 2.10 bits per heavy atom. The summed E-state index contributed by atoms with van der Waals surface area (Å²) in [6.45, 7) is 1.86. The van der Waals surface area contributed by atoms with Crippen LogP contribution in [0, 0.1) is 17.0 Å². The third-order valence-electron chi connectivity index (χ3n) is 2.70. The van der Waals surface area contributed by atoms with Crippen LogP contribution in [0.15, 0.2) is 33.6 Å². The van der Waals surface area contributed by atoms with Crippen LogP contribution in [0.3, 0.4) is 0 Å². The average molecular weight is 294 g/mol. The van der Waals surface area contributed by atoms with Crippen molar-refractivity contribution in [2.45, 2.75) is 24.0 Å². The van der Waals surface area contributed by atoms with Crippen LogP contribution in [0.4, 0.5) is 5.69 Å². The summed E-state index contributed by atoms with van der Waals surface area (Å²) in [6, 6.07) is 6.35. The van der Waals surface area contributed by atoms with Gasteiger partial charge in [0.1, 0.15) is 5.76 Å². The predicted molar refractivity (Wildman–Crippen MR) is 74.7 cm³/mol. The molecule has 0 fully saturated rings. The van der Waals surface area contributed by atoms with Gasteiger partial charge in [0, 0.05) is 30.1 Å². The fraction of sp³-hybridized carbons (Fsp3) is 0.308. The summed E-state index contributed by atoms with van der Waals surface area (Å²) in [6.07, 6.45) is 0.484. The number of nitro benzene ring substituents is 1. The highest BCUT2D eigenvalue weighted by molar-refractivity contribution is 7.98. The highest BCUT2D eigenvalue weighted by Gasteiger charge is 2.10. The number of thioether (sulfide) groups is 1. The average Bonchev–Trinajstić information content (AvgIpc) is 2.78. The van der Waals surface area contributed by atoms with Gasteiger partial charge < -0.3 is 9.52 Å². The van der Waals surface area contributed by atoms with Gasteiger partial charge in [0.25, 0.3) is 5.69 Å². The summed E-state index contributed by atoms with van der Waals surface area (Å²) >= 11 is 1.49. The maximum Gasteiger partial charge on any atom is 0.269 e. The monoisotopic (exact) mass is 294 g/mol. The number of aryl methyl sites for hydroxylation is 1. The fourth-order valence-electron chi connectivity index (χ4n) is 1.70. The van der Waals surface area contributed by atoms with Gasteiger partial charge in [0.15, 0.2) is 0 Å². The fourth-order valence-corrected chi connectivity index (χ4v) is 2.44. The van der Waals surface area contributed by atoms with E-state index in [9.17, 15) is 10.1 Å². The lowest BCUT2D eigenvalue weighted by Gasteiger charge is -1.98. The van der Waals surface area contributed by atoms with Crippen molar-refractivity contribution in [3.8, 4) is 0 Å². The molecule has 1 aromatic carbocycles. The lowest BCUT2D eigenvalue weighted by molar-refractivity contribution is -0.384. The van der Waals surface area contributed by atoms with Crippen LogP contribution in [-0.2, 0) is 12.2 Å². The zero-order valence-corrected chi connectivity index (χ0v) is 11.7. The summed E-state index contributed by atoms with van der Waals surface area (Å²) in [4.78, 5) is 15.3. The molecule has 0 bridgehead atoms. The summed E-state index contributed by atoms with van der Waals surface area (Å²) < 4.78 is 5.50. The molecule has 0 atom stereocenters. The second-order valence-electron chi connectivity index (χ2n) is 4.12. The van der Waals surface area contributed by atoms with E-state index in [2.05, 4.69) is 4.98 Å². The number of hydrogen-bond acceptors (Lipinski definition) is 6. The molecule has 0 aliphatic rings. The second kappa shape index (κ2) is 6.53. The van der Waals surface area contributed by atoms with Crippen LogP contribution in [0.2, 0.25) is 0 Å². The highest BCUT2D eigenvalue weighted by Crippen LogP contribution is 2.25. The lowest BCUT2D eigenvalue weighted by atomic mass is 10.3. The number of non-ortho nitro benzene ring substituents is 1. The number of rotatable bonds is 6. The van der Waals surface area contributed by atoms with Gasteiger partial charge in [-0.1, -0.05) is 0 Å². The van der Waals surface area contributed by atoms with Crippen molar-refractivity contribution in [1.82, 2.24) is 4.98 Å². The van der Waals surface area contributed by atoms with Gasteiger partial charge in [-0.15, -0.1) is 11.8 Å². The van der Waals surface area contributed by atoms with Gasteiger partial charge in [0.2, 0.25) is 5.89 Å². The Hall–Kier alpha value is -1.86. The summed E-state index contributed by atoms with van der Waals surface area (Å²) in [5.74, 6) is 1.86. The van der Waals surface area contributed by atoms with E-state index in [0.29, 0.717) is 18.1 Å². The molecular formula is C13H14N2O4S. The number of aliphatic hydroxyl groups excluding tert-OH is 1. The Labute approximate surface area is 120 Å². The van der Waals surface area contributed by atoms with E-state index < -0.39 is 4.92 Å². The maximum absolute atomic E-state index is 10.5. The first-order chi connectivity index (χ1) is 9.60. The standard InChI is InChI=1S/C13H14N2O4S/c1-9-12(6-7-16)14-13(19-9)8-20-11-4-2-10(3-5-11)15(17)18/h2-5,16H,6-8H2,1H3. The van der Waals surface area contributed by atoms with Crippen molar-refractivity contribution in [1.29, 1.82) is 0 Å². The molecule has 0 aliphatic carbocycles. The van der Waals surface area contributed by atoms with Gasteiger partial charge in [-0.05, 0) is 19.1 Å². The Morgan fingerprint density at radius 3 is 2.70 bits per heavy atom. The van der Waals surface area contributed by atoms with Crippen LogP contribution in [0.5, 0.6) is 0 Å². The molecule has 0 unspecified atom stereocenters. The van der Waals surface area contributed by atoms with Gasteiger partial charge in [-0.3, -0.25) is 10.1 Å². The second-order valence-corrected chi connectivity index (χ2v) is 5.17. The molecule has 0 amide bonds. The molecule has 0 aliphatic heterocycles. The largest absolute Gasteiger partial charge is 0.445 e. The number of aliphatic hydroxyl groups is 1. The first kappa shape index (κ1) is 14.5. The molecule has 1 heterocycles. The minimum absolute atomic E-state index is 0.0440. The van der Waals surface area contributed by atoms with E-state index >= 15 is 0 Å². The van der Waals surface area contributed by atoms with E-state index in [1.807, 2.05) is 6.92 Å². The van der Waals surface area contributed by atoms with E-state index in [1.165, 1.54) is 23.9 Å².